The molecule has 1 aliphatic rings. The van der Waals surface area contributed by atoms with Crippen LogP contribution in [-0.2, 0) is 9.59 Å². The van der Waals surface area contributed by atoms with Gasteiger partial charge in [0, 0.05) is 12.3 Å². The zero-order valence-corrected chi connectivity index (χ0v) is 6.80. The highest BCUT2D eigenvalue weighted by Gasteiger charge is 2.25. The van der Waals surface area contributed by atoms with Crippen molar-refractivity contribution < 1.29 is 9.59 Å². The summed E-state index contributed by atoms with van der Waals surface area (Å²) in [6.07, 6.45) is 4.38. The minimum Gasteiger partial charge on any atom is -0.299 e. The molecule has 1 rings (SSSR count). The van der Waals surface area contributed by atoms with Gasteiger partial charge < -0.3 is 0 Å². The highest BCUT2D eigenvalue weighted by molar-refractivity contribution is 6.02. The van der Waals surface area contributed by atoms with Crippen LogP contribution in [0.5, 0.6) is 0 Å². The van der Waals surface area contributed by atoms with E-state index in [0.717, 1.165) is 12.8 Å². The second kappa shape index (κ2) is 3.65. The standard InChI is InChI=1S/C9H13O2/c1-2-3-7-4-5-8(10)6-9(7)11/h2,7H,3-6H2,1H3. The van der Waals surface area contributed by atoms with Crippen LogP contribution >= 0.6 is 0 Å². The summed E-state index contributed by atoms with van der Waals surface area (Å²) < 4.78 is 0. The van der Waals surface area contributed by atoms with E-state index in [2.05, 4.69) is 0 Å². The molecule has 0 spiro atoms. The van der Waals surface area contributed by atoms with Crippen LogP contribution in [0.1, 0.15) is 32.6 Å². The van der Waals surface area contributed by atoms with Crippen LogP contribution in [0.4, 0.5) is 0 Å². The largest absolute Gasteiger partial charge is 0.299 e. The summed E-state index contributed by atoms with van der Waals surface area (Å²) in [6, 6.07) is 0. The second-order valence-corrected chi connectivity index (χ2v) is 3.06. The van der Waals surface area contributed by atoms with Crippen molar-refractivity contribution in [3.8, 4) is 0 Å². The normalized spacial score (nSPS) is 25.7. The summed E-state index contributed by atoms with van der Waals surface area (Å²) in [5.41, 5.74) is 0. The molecule has 1 aliphatic carbocycles. The molecule has 11 heavy (non-hydrogen) atoms. The zero-order valence-electron chi connectivity index (χ0n) is 6.80. The van der Waals surface area contributed by atoms with Crippen LogP contribution in [-0.4, -0.2) is 11.6 Å². The van der Waals surface area contributed by atoms with Crippen molar-refractivity contribution in [3.63, 3.8) is 0 Å². The molecule has 0 aromatic carbocycles. The van der Waals surface area contributed by atoms with E-state index in [0.29, 0.717) is 6.42 Å². The molecular formula is C9H13O2. The molecule has 1 atom stereocenters. The molecule has 61 valence electrons. The van der Waals surface area contributed by atoms with Gasteiger partial charge in [0.05, 0.1) is 6.42 Å². The van der Waals surface area contributed by atoms with Crippen molar-refractivity contribution in [2.75, 3.05) is 0 Å². The number of carbonyl (C=O) groups excluding carboxylic acids is 2. The van der Waals surface area contributed by atoms with Crippen molar-refractivity contribution in [2.45, 2.75) is 32.6 Å². The van der Waals surface area contributed by atoms with Gasteiger partial charge in [0.15, 0.2) is 0 Å². The minimum absolute atomic E-state index is 0.113. The molecule has 1 unspecified atom stereocenters. The van der Waals surface area contributed by atoms with E-state index < -0.39 is 0 Å². The van der Waals surface area contributed by atoms with Gasteiger partial charge in [-0.15, -0.1) is 0 Å². The Morgan fingerprint density at radius 2 is 2.27 bits per heavy atom. The Balaban J connectivity index is 2.44. The molecule has 0 N–H and O–H groups in total. The lowest BCUT2D eigenvalue weighted by Crippen LogP contribution is -2.24. The first-order chi connectivity index (χ1) is 5.24. The van der Waals surface area contributed by atoms with E-state index in [4.69, 9.17) is 0 Å². The maximum atomic E-state index is 11.2. The van der Waals surface area contributed by atoms with Gasteiger partial charge in [-0.3, -0.25) is 9.59 Å². The molecule has 1 saturated carbocycles. The van der Waals surface area contributed by atoms with Gasteiger partial charge in [-0.2, -0.15) is 0 Å². The first-order valence-electron chi connectivity index (χ1n) is 4.06. The van der Waals surface area contributed by atoms with Gasteiger partial charge in [0.25, 0.3) is 0 Å². The third kappa shape index (κ3) is 2.14. The molecule has 0 aromatic heterocycles. The minimum atomic E-state index is 0.113. The van der Waals surface area contributed by atoms with Crippen LogP contribution < -0.4 is 0 Å². The summed E-state index contributed by atoms with van der Waals surface area (Å²) >= 11 is 0. The van der Waals surface area contributed by atoms with Crippen LogP contribution in [0.3, 0.4) is 0 Å². The monoisotopic (exact) mass is 153 g/mol. The molecule has 0 saturated heterocycles. The number of hydrogen-bond donors (Lipinski definition) is 0. The first kappa shape index (κ1) is 8.44. The topological polar surface area (TPSA) is 34.1 Å². The van der Waals surface area contributed by atoms with Gasteiger partial charge in [0.2, 0.25) is 0 Å². The number of ketones is 2. The fourth-order valence-corrected chi connectivity index (χ4v) is 1.46. The number of carbonyl (C=O) groups is 2. The Labute approximate surface area is 67.0 Å². The van der Waals surface area contributed by atoms with Crippen LogP contribution in [0.15, 0.2) is 0 Å². The fraction of sp³-hybridized carbons (Fsp3) is 0.667. The molecule has 0 aliphatic heterocycles. The maximum absolute atomic E-state index is 11.2. The van der Waals surface area contributed by atoms with E-state index in [1.807, 2.05) is 13.3 Å². The van der Waals surface area contributed by atoms with E-state index in [1.165, 1.54) is 0 Å². The Hall–Kier alpha value is -0.660. The molecule has 2 nitrogen and oxygen atoms in total. The van der Waals surface area contributed by atoms with E-state index in [9.17, 15) is 9.59 Å². The number of rotatable bonds is 2. The number of hydrogen-bond acceptors (Lipinski definition) is 2. The highest BCUT2D eigenvalue weighted by Crippen LogP contribution is 2.21. The van der Waals surface area contributed by atoms with Crippen molar-refractivity contribution >= 4 is 11.6 Å². The third-order valence-corrected chi connectivity index (χ3v) is 2.12. The molecular weight excluding hydrogens is 140 g/mol. The maximum Gasteiger partial charge on any atom is 0.143 e. The predicted octanol–water partition coefficient (Wildman–Crippen LogP) is 1.54. The van der Waals surface area contributed by atoms with E-state index in [-0.39, 0.29) is 23.9 Å². The zero-order chi connectivity index (χ0) is 8.27. The molecule has 0 aromatic rings. The predicted molar refractivity (Wildman–Crippen MR) is 41.9 cm³/mol. The summed E-state index contributed by atoms with van der Waals surface area (Å²) in [6.45, 7) is 1.95. The Kier molecular flexibility index (Phi) is 2.80. The van der Waals surface area contributed by atoms with Gasteiger partial charge in [-0.25, -0.2) is 0 Å². The Morgan fingerprint density at radius 3 is 2.82 bits per heavy atom. The van der Waals surface area contributed by atoms with Crippen LogP contribution in [0, 0.1) is 12.3 Å². The van der Waals surface area contributed by atoms with Crippen LogP contribution in [0.2, 0.25) is 0 Å². The lowest BCUT2D eigenvalue weighted by molar-refractivity contribution is -0.132. The lowest BCUT2D eigenvalue weighted by atomic mass is 9.84. The molecule has 1 fully saturated rings. The average Bonchev–Trinajstić information content (AvgIpc) is 1.95. The van der Waals surface area contributed by atoms with Crippen molar-refractivity contribution in [1.82, 2.24) is 0 Å². The molecule has 0 amide bonds. The second-order valence-electron chi connectivity index (χ2n) is 3.06. The quantitative estimate of drug-likeness (QED) is 0.564. The lowest BCUT2D eigenvalue weighted by Gasteiger charge is -2.18. The van der Waals surface area contributed by atoms with E-state index >= 15 is 0 Å². The van der Waals surface area contributed by atoms with Gasteiger partial charge in [-0.05, 0) is 19.3 Å². The fourth-order valence-electron chi connectivity index (χ4n) is 1.46. The molecule has 2 heteroatoms. The third-order valence-electron chi connectivity index (χ3n) is 2.12. The summed E-state index contributed by atoms with van der Waals surface area (Å²) in [7, 11) is 0. The van der Waals surface area contributed by atoms with Crippen molar-refractivity contribution in [3.05, 3.63) is 6.42 Å². The molecule has 0 heterocycles. The van der Waals surface area contributed by atoms with Gasteiger partial charge in [-0.1, -0.05) is 6.92 Å². The smallest absolute Gasteiger partial charge is 0.143 e. The summed E-state index contributed by atoms with van der Waals surface area (Å²) in [5, 5.41) is 0. The van der Waals surface area contributed by atoms with Gasteiger partial charge >= 0.3 is 0 Å². The van der Waals surface area contributed by atoms with E-state index in [1.54, 1.807) is 0 Å². The summed E-state index contributed by atoms with van der Waals surface area (Å²) in [4.78, 5) is 21.9. The Bertz CT molecular complexity index is 172. The van der Waals surface area contributed by atoms with Crippen molar-refractivity contribution in [2.24, 2.45) is 5.92 Å². The van der Waals surface area contributed by atoms with Crippen molar-refractivity contribution in [1.29, 1.82) is 0 Å². The highest BCUT2D eigenvalue weighted by atomic mass is 16.1. The average molecular weight is 153 g/mol. The van der Waals surface area contributed by atoms with Crippen LogP contribution in [0.25, 0.3) is 0 Å². The molecule has 1 radical (unpaired) electrons. The first-order valence-corrected chi connectivity index (χ1v) is 4.06. The Morgan fingerprint density at radius 1 is 1.55 bits per heavy atom. The summed E-state index contributed by atoms with van der Waals surface area (Å²) in [5.74, 6) is 0.388. The molecule has 0 bridgehead atoms. The van der Waals surface area contributed by atoms with Gasteiger partial charge in [0.1, 0.15) is 11.6 Å². The number of Topliss-reactive ketones (excluding diaryl/α,β-unsaturated/α-hetero) is 2. The SMILES string of the molecule is C[CH]CC1CCC(=O)CC1=O.